The number of esters is 1. The molecule has 1 aliphatic carbocycles. The van der Waals surface area contributed by atoms with E-state index in [-0.39, 0.29) is 12.3 Å². The maximum absolute atomic E-state index is 15.3. The highest BCUT2D eigenvalue weighted by Crippen LogP contribution is 2.43. The van der Waals surface area contributed by atoms with E-state index in [4.69, 9.17) is 19.6 Å². The number of hydrogen-bond acceptors (Lipinski definition) is 6. The van der Waals surface area contributed by atoms with Gasteiger partial charge >= 0.3 is 5.97 Å². The van der Waals surface area contributed by atoms with Crippen LogP contribution in [0.1, 0.15) is 61.1 Å². The molecule has 3 heterocycles. The van der Waals surface area contributed by atoms with Crippen LogP contribution < -0.4 is 4.90 Å². The summed E-state index contributed by atoms with van der Waals surface area (Å²) in [6, 6.07) is 11.6. The minimum absolute atomic E-state index is 0.121. The van der Waals surface area contributed by atoms with E-state index in [0.29, 0.717) is 44.1 Å². The average molecular weight is 467 g/mol. The van der Waals surface area contributed by atoms with Gasteiger partial charge in [0.1, 0.15) is 5.67 Å². The number of ether oxygens (including phenoxy) is 2. The Balaban J connectivity index is 1.63. The van der Waals surface area contributed by atoms with Crippen LogP contribution in [0.5, 0.6) is 0 Å². The maximum Gasteiger partial charge on any atom is 0.356 e. The van der Waals surface area contributed by atoms with Gasteiger partial charge in [-0.1, -0.05) is 24.6 Å². The molecule has 180 valence electrons. The number of carbonyl (C=O) groups is 1. The summed E-state index contributed by atoms with van der Waals surface area (Å²) < 4.78 is 27.5. The molecular weight excluding hydrogens is 435 g/mol. The van der Waals surface area contributed by atoms with Gasteiger partial charge in [0.2, 0.25) is 0 Å². The third-order valence-electron chi connectivity index (χ3n) is 7.10. The summed E-state index contributed by atoms with van der Waals surface area (Å²) in [5.74, 6) is -0.137. The van der Waals surface area contributed by atoms with Gasteiger partial charge in [-0.05, 0) is 38.0 Å². The Morgan fingerprint density at radius 2 is 1.94 bits per heavy atom. The minimum Gasteiger partial charge on any atom is -0.464 e. The summed E-state index contributed by atoms with van der Waals surface area (Å²) >= 11 is 0. The molecule has 2 fully saturated rings. The van der Waals surface area contributed by atoms with Crippen LogP contribution in [-0.4, -0.2) is 59.8 Å². The fraction of sp³-hybridized carbons (Fsp3) is 0.500. The second-order valence-electron chi connectivity index (χ2n) is 9.25. The molecule has 5 rings (SSSR count). The number of anilines is 1. The number of hydrogen-bond donors (Lipinski definition) is 0. The number of carbonyl (C=O) groups excluding carboxylic acids is 1. The molecule has 2 aliphatic rings. The van der Waals surface area contributed by atoms with Crippen LogP contribution in [-0.2, 0) is 9.47 Å². The highest BCUT2D eigenvalue weighted by molar-refractivity contribution is 5.99. The van der Waals surface area contributed by atoms with E-state index in [2.05, 4.69) is 4.90 Å². The van der Waals surface area contributed by atoms with Gasteiger partial charge in [0.15, 0.2) is 11.3 Å². The van der Waals surface area contributed by atoms with Crippen LogP contribution in [0, 0.1) is 0 Å². The first kappa shape index (κ1) is 22.8. The van der Waals surface area contributed by atoms with E-state index in [0.717, 1.165) is 35.3 Å². The second kappa shape index (κ2) is 9.33. The lowest BCUT2D eigenvalue weighted by atomic mass is 9.81. The lowest BCUT2D eigenvalue weighted by Gasteiger charge is -2.38. The molecule has 0 spiro atoms. The Hall–Kier alpha value is -3.00. The van der Waals surface area contributed by atoms with E-state index in [9.17, 15) is 4.79 Å². The molecule has 0 bridgehead atoms. The number of methoxy groups -OCH3 is 1. The first-order valence-corrected chi connectivity index (χ1v) is 12.1. The van der Waals surface area contributed by atoms with Gasteiger partial charge in [0.25, 0.3) is 0 Å². The van der Waals surface area contributed by atoms with Crippen LogP contribution in [0.15, 0.2) is 36.4 Å². The highest BCUT2D eigenvalue weighted by Gasteiger charge is 2.37. The van der Waals surface area contributed by atoms with Gasteiger partial charge in [-0.3, -0.25) is 0 Å². The molecule has 3 aromatic rings. The molecular formula is C26H31FN4O3. The van der Waals surface area contributed by atoms with Gasteiger partial charge in [-0.25, -0.2) is 18.9 Å². The van der Waals surface area contributed by atoms with Gasteiger partial charge in [-0.15, -0.1) is 0 Å². The molecule has 7 nitrogen and oxygen atoms in total. The number of para-hydroxylation sites is 1. The van der Waals surface area contributed by atoms with E-state index in [1.807, 2.05) is 41.9 Å². The molecule has 0 unspecified atom stereocenters. The predicted molar refractivity (Wildman–Crippen MR) is 129 cm³/mol. The van der Waals surface area contributed by atoms with Crippen LogP contribution in [0.3, 0.4) is 0 Å². The molecule has 1 aliphatic heterocycles. The summed E-state index contributed by atoms with van der Waals surface area (Å²) in [5.41, 5.74) is 2.32. The molecule has 0 amide bonds. The van der Waals surface area contributed by atoms with Crippen molar-refractivity contribution < 1.29 is 18.7 Å². The van der Waals surface area contributed by atoms with E-state index < -0.39 is 11.6 Å². The Kier molecular flexibility index (Phi) is 6.25. The number of halogens is 1. The zero-order chi connectivity index (χ0) is 23.7. The first-order chi connectivity index (χ1) is 16.5. The second-order valence-corrected chi connectivity index (χ2v) is 9.25. The monoisotopic (exact) mass is 466 g/mol. The van der Waals surface area contributed by atoms with Crippen LogP contribution in [0.4, 0.5) is 10.1 Å². The van der Waals surface area contributed by atoms with Crippen molar-refractivity contribution in [1.82, 2.24) is 14.8 Å². The quantitative estimate of drug-likeness (QED) is 0.465. The smallest absolute Gasteiger partial charge is 0.356 e. The van der Waals surface area contributed by atoms with Crippen molar-refractivity contribution >= 4 is 22.7 Å². The average Bonchev–Trinajstić information content (AvgIpc) is 3.21. The molecule has 1 saturated carbocycles. The Morgan fingerprint density at radius 3 is 2.56 bits per heavy atom. The first-order valence-electron chi connectivity index (χ1n) is 12.1. The third-order valence-corrected chi connectivity index (χ3v) is 7.10. The number of aromatic nitrogens is 3. The normalized spacial score (nSPS) is 18.1. The predicted octanol–water partition coefficient (Wildman–Crippen LogP) is 4.82. The number of pyridine rings is 1. The van der Waals surface area contributed by atoms with Crippen LogP contribution in [0.2, 0.25) is 0 Å². The number of piperidine rings is 1. The number of fused-ring (bicyclic) bond motifs is 1. The number of rotatable bonds is 7. The highest BCUT2D eigenvalue weighted by atomic mass is 19.1. The van der Waals surface area contributed by atoms with Gasteiger partial charge in [0, 0.05) is 38.5 Å². The summed E-state index contributed by atoms with van der Waals surface area (Å²) in [4.78, 5) is 19.4. The molecule has 34 heavy (non-hydrogen) atoms. The lowest BCUT2D eigenvalue weighted by Crippen LogP contribution is -2.44. The topological polar surface area (TPSA) is 69.5 Å². The third kappa shape index (κ3) is 4.15. The number of benzene rings is 1. The zero-order valence-electron chi connectivity index (χ0n) is 19.8. The van der Waals surface area contributed by atoms with Crippen molar-refractivity contribution in [2.45, 2.75) is 50.6 Å². The summed E-state index contributed by atoms with van der Waals surface area (Å²) in [6.07, 6.45) is 4.09. The van der Waals surface area contributed by atoms with Crippen molar-refractivity contribution in [3.63, 3.8) is 0 Å². The minimum atomic E-state index is -1.32. The van der Waals surface area contributed by atoms with Gasteiger partial charge in [0.05, 0.1) is 36.2 Å². The van der Waals surface area contributed by atoms with Crippen molar-refractivity contribution in [2.24, 2.45) is 0 Å². The Bertz CT molecular complexity index is 1170. The largest absolute Gasteiger partial charge is 0.464 e. The molecule has 1 aromatic carbocycles. The van der Waals surface area contributed by atoms with Gasteiger partial charge < -0.3 is 14.4 Å². The molecule has 0 atom stereocenters. The number of alkyl halides is 1. The standard InChI is InChI=1S/C26H31FN4O3/c1-3-34-17-26(27)12-14-30(15-13-26)21-16-20(25(32)33-2)28-24-22(21)23(18-8-7-9-18)29-31(24)19-10-5-4-6-11-19/h4-6,10-11,16,18H,3,7-9,12-15,17H2,1-2H3. The summed E-state index contributed by atoms with van der Waals surface area (Å²) in [7, 11) is 1.36. The number of nitrogens with zero attached hydrogens (tertiary/aromatic N) is 4. The van der Waals surface area contributed by atoms with Crippen molar-refractivity contribution in [3.8, 4) is 5.69 Å². The maximum atomic E-state index is 15.3. The molecule has 8 heteroatoms. The van der Waals surface area contributed by atoms with Crippen LogP contribution in [0.25, 0.3) is 16.7 Å². The molecule has 0 N–H and O–H groups in total. The van der Waals surface area contributed by atoms with E-state index >= 15 is 4.39 Å². The molecule has 0 radical (unpaired) electrons. The molecule has 2 aromatic heterocycles. The summed E-state index contributed by atoms with van der Waals surface area (Å²) in [6.45, 7) is 3.57. The molecule has 1 saturated heterocycles. The van der Waals surface area contributed by atoms with E-state index in [1.54, 1.807) is 6.07 Å². The SMILES string of the molecule is CCOCC1(F)CCN(c2cc(C(=O)OC)nc3c2c(C2CCC2)nn3-c2ccccc2)CC1. The van der Waals surface area contributed by atoms with Crippen LogP contribution >= 0.6 is 0 Å². The Morgan fingerprint density at radius 1 is 1.21 bits per heavy atom. The lowest BCUT2D eigenvalue weighted by molar-refractivity contribution is 0.00461. The van der Waals surface area contributed by atoms with Crippen molar-refractivity contribution in [2.75, 3.05) is 38.3 Å². The van der Waals surface area contributed by atoms with Gasteiger partial charge in [-0.2, -0.15) is 5.10 Å². The van der Waals surface area contributed by atoms with Crippen molar-refractivity contribution in [3.05, 3.63) is 47.8 Å². The fourth-order valence-electron chi connectivity index (χ4n) is 4.88. The zero-order valence-corrected chi connectivity index (χ0v) is 19.8. The summed E-state index contributed by atoms with van der Waals surface area (Å²) in [5, 5.41) is 5.97. The van der Waals surface area contributed by atoms with E-state index in [1.165, 1.54) is 13.5 Å². The fourth-order valence-corrected chi connectivity index (χ4v) is 4.88. The van der Waals surface area contributed by atoms with Crippen molar-refractivity contribution in [1.29, 1.82) is 0 Å². The Labute approximate surface area is 198 Å².